The number of hydrogen-bond acceptors (Lipinski definition) is 12. The molecule has 16 unspecified atom stereocenters. The topological polar surface area (TPSA) is 185 Å². The summed E-state index contributed by atoms with van der Waals surface area (Å²) in [5.41, 5.74) is -7.46. The van der Waals surface area contributed by atoms with Crippen LogP contribution >= 0.6 is 0 Å². The van der Waals surface area contributed by atoms with Crippen molar-refractivity contribution in [2.45, 2.75) is 112 Å². The Kier molecular flexibility index (Phi) is 4.21. The fourth-order valence-electron chi connectivity index (χ4n) is 13.0. The Hall–Kier alpha value is -0.930. The van der Waals surface area contributed by atoms with Gasteiger partial charge in [0.1, 0.15) is 35.9 Å². The van der Waals surface area contributed by atoms with E-state index in [-0.39, 0.29) is 19.6 Å². The molecule has 5 aliphatic carbocycles. The second-order valence-corrected chi connectivity index (χ2v) is 15.0. The minimum Gasteiger partial charge on any atom is -0.462 e. The number of esters is 1. The van der Waals surface area contributed by atoms with Gasteiger partial charge >= 0.3 is 5.97 Å². The van der Waals surface area contributed by atoms with Gasteiger partial charge < -0.3 is 54.3 Å². The first-order valence-corrected chi connectivity index (χ1v) is 14.7. The predicted molar refractivity (Wildman–Crippen MR) is 127 cm³/mol. The van der Waals surface area contributed by atoms with E-state index in [1.54, 1.807) is 0 Å². The first-order valence-electron chi connectivity index (χ1n) is 14.7. The average Bonchev–Trinajstić information content (AvgIpc) is 3.21. The van der Waals surface area contributed by atoms with Gasteiger partial charge in [-0.25, -0.2) is 0 Å². The summed E-state index contributed by atoms with van der Waals surface area (Å²) in [5, 5.41) is 74.7. The minimum absolute atomic E-state index is 0.0470. The molecule has 11 aliphatic rings. The molecule has 12 heteroatoms. The molecule has 0 radical (unpaired) electrons. The van der Waals surface area contributed by atoms with Crippen molar-refractivity contribution in [1.82, 2.24) is 0 Å². The Balaban J connectivity index is 1.33. The molecule has 5 saturated carbocycles. The lowest BCUT2D eigenvalue weighted by Gasteiger charge is -2.76. The normalized spacial score (nSPS) is 68.3. The second kappa shape index (κ2) is 6.59. The first-order chi connectivity index (χ1) is 18.6. The van der Waals surface area contributed by atoms with Gasteiger partial charge in [-0.3, -0.25) is 4.79 Å². The molecule has 6 heterocycles. The highest BCUT2D eigenvalue weighted by atomic mass is 16.7. The van der Waals surface area contributed by atoms with Crippen molar-refractivity contribution in [3.63, 3.8) is 0 Å². The van der Waals surface area contributed by atoms with Crippen molar-refractivity contribution >= 4 is 5.97 Å². The summed E-state index contributed by atoms with van der Waals surface area (Å²) >= 11 is 0. The number of rotatable bonds is 1. The van der Waals surface area contributed by atoms with Crippen LogP contribution in [0.3, 0.4) is 0 Å². The van der Waals surface area contributed by atoms with E-state index in [0.29, 0.717) is 25.7 Å². The zero-order valence-electron chi connectivity index (χ0n) is 22.8. The maximum absolute atomic E-state index is 13.2. The predicted octanol–water partition coefficient (Wildman–Crippen LogP) is -1.48. The van der Waals surface area contributed by atoms with Crippen molar-refractivity contribution in [2.24, 2.45) is 39.4 Å². The van der Waals surface area contributed by atoms with Crippen molar-refractivity contribution in [3.05, 3.63) is 0 Å². The summed E-state index contributed by atoms with van der Waals surface area (Å²) in [6.45, 7) is 5.25. The van der Waals surface area contributed by atoms with Crippen LogP contribution in [0.1, 0.15) is 52.9 Å². The highest BCUT2D eigenvalue weighted by Crippen LogP contribution is 2.88. The van der Waals surface area contributed by atoms with Crippen LogP contribution in [0.5, 0.6) is 0 Å². The summed E-state index contributed by atoms with van der Waals surface area (Å²) in [6, 6.07) is 0. The molecule has 8 bridgehead atoms. The first kappa shape index (κ1) is 25.6. The molecule has 16 atom stereocenters. The lowest BCUT2D eigenvalue weighted by molar-refractivity contribution is -0.511. The van der Waals surface area contributed by atoms with Gasteiger partial charge in [-0.15, -0.1) is 0 Å². The molecule has 0 amide bonds. The number of carbonyl (C=O) groups is 1. The molecule has 12 nitrogen and oxygen atoms in total. The smallest absolute Gasteiger partial charge is 0.302 e. The van der Waals surface area contributed by atoms with Crippen LogP contribution in [-0.2, 0) is 28.5 Å². The Labute approximate surface area is 230 Å². The van der Waals surface area contributed by atoms with Crippen LogP contribution < -0.4 is 0 Å². The Morgan fingerprint density at radius 2 is 1.73 bits per heavy atom. The molecule has 6 saturated heterocycles. The zero-order chi connectivity index (χ0) is 28.3. The Bertz CT molecular complexity index is 1240. The molecule has 6 N–H and O–H groups in total. The third-order valence-electron chi connectivity index (χ3n) is 13.9. The van der Waals surface area contributed by atoms with Crippen molar-refractivity contribution < 1.29 is 59.1 Å². The molecule has 0 aromatic rings. The van der Waals surface area contributed by atoms with Gasteiger partial charge in [-0.05, 0) is 49.4 Å². The molecular formula is C28H38O12. The average molecular weight is 567 g/mol. The lowest BCUT2D eigenvalue weighted by Crippen LogP contribution is -2.88. The van der Waals surface area contributed by atoms with Gasteiger partial charge in [0.25, 0.3) is 0 Å². The van der Waals surface area contributed by atoms with Crippen LogP contribution in [0.15, 0.2) is 0 Å². The minimum atomic E-state index is -2.47. The molecule has 222 valence electrons. The molecule has 40 heavy (non-hydrogen) atoms. The highest BCUT2D eigenvalue weighted by molar-refractivity contribution is 5.66. The van der Waals surface area contributed by atoms with Gasteiger partial charge in [0, 0.05) is 18.3 Å². The van der Waals surface area contributed by atoms with Gasteiger partial charge in [-0.1, -0.05) is 13.8 Å². The summed E-state index contributed by atoms with van der Waals surface area (Å²) < 4.78 is 30.5. The number of aliphatic hydroxyl groups excluding tert-OH is 2. The van der Waals surface area contributed by atoms with E-state index in [1.807, 2.05) is 13.8 Å². The van der Waals surface area contributed by atoms with E-state index in [9.17, 15) is 35.4 Å². The molecule has 11 rings (SSSR count). The van der Waals surface area contributed by atoms with E-state index in [1.165, 1.54) is 6.92 Å². The third-order valence-corrected chi connectivity index (χ3v) is 13.9. The van der Waals surface area contributed by atoms with Crippen molar-refractivity contribution in [3.8, 4) is 0 Å². The van der Waals surface area contributed by atoms with Gasteiger partial charge in [0.15, 0.2) is 11.4 Å². The summed E-state index contributed by atoms with van der Waals surface area (Å²) in [7, 11) is 0. The maximum Gasteiger partial charge on any atom is 0.302 e. The molecule has 11 fully saturated rings. The third kappa shape index (κ3) is 1.93. The second-order valence-electron chi connectivity index (χ2n) is 15.0. The van der Waals surface area contributed by atoms with Crippen LogP contribution in [-0.4, -0.2) is 109 Å². The standard InChI is InChI=1S/C28H38O12/c1-11(29)38-15-6-7-21(2,3)17-19(31)27(34)24-14(22(15,17)10-37-27)5-4-12(18(24)30)23-8-16-26(33)25(23,32)20(40-28(23,24)35)13(39-16)9-36-26/h12-20,30-35H,4-10H2,1-3H3. The fourth-order valence-corrected chi connectivity index (χ4v) is 13.0. The van der Waals surface area contributed by atoms with E-state index >= 15 is 0 Å². The summed E-state index contributed by atoms with van der Waals surface area (Å²) in [6.07, 6.45) is -5.05. The molecular weight excluding hydrogens is 528 g/mol. The lowest BCUT2D eigenvalue weighted by atomic mass is 9.35. The van der Waals surface area contributed by atoms with Crippen LogP contribution in [0.2, 0.25) is 0 Å². The van der Waals surface area contributed by atoms with E-state index in [4.69, 9.17) is 23.7 Å². The quantitative estimate of drug-likeness (QED) is 0.203. The Morgan fingerprint density at radius 3 is 2.45 bits per heavy atom. The number of hydrogen-bond donors (Lipinski definition) is 6. The number of fused-ring (bicyclic) bond motifs is 3. The van der Waals surface area contributed by atoms with Crippen LogP contribution in [0, 0.1) is 39.4 Å². The van der Waals surface area contributed by atoms with Crippen LogP contribution in [0.25, 0.3) is 0 Å². The zero-order valence-corrected chi connectivity index (χ0v) is 22.8. The largest absolute Gasteiger partial charge is 0.462 e. The number of ether oxygens (including phenoxy) is 5. The van der Waals surface area contributed by atoms with Gasteiger partial charge in [0.2, 0.25) is 11.6 Å². The summed E-state index contributed by atoms with van der Waals surface area (Å²) in [4.78, 5) is 12.4. The number of aliphatic hydroxyl groups is 6. The monoisotopic (exact) mass is 566 g/mol. The van der Waals surface area contributed by atoms with E-state index < -0.39 is 105 Å². The maximum atomic E-state index is 13.2. The van der Waals surface area contributed by atoms with E-state index in [0.717, 1.165) is 0 Å². The van der Waals surface area contributed by atoms with Crippen LogP contribution in [0.4, 0.5) is 0 Å². The number of carbonyl (C=O) groups excluding carboxylic acids is 1. The highest BCUT2D eigenvalue weighted by Gasteiger charge is 3.03. The molecule has 6 aliphatic heterocycles. The summed E-state index contributed by atoms with van der Waals surface area (Å²) in [5.74, 6) is -9.75. The van der Waals surface area contributed by atoms with Gasteiger partial charge in [-0.2, -0.15) is 0 Å². The molecule has 3 spiro atoms. The fraction of sp³-hybridized carbons (Fsp3) is 0.964. The molecule has 0 aromatic carbocycles. The molecule has 0 aromatic heterocycles. The van der Waals surface area contributed by atoms with Crippen molar-refractivity contribution in [1.29, 1.82) is 0 Å². The van der Waals surface area contributed by atoms with Crippen molar-refractivity contribution in [2.75, 3.05) is 13.2 Å². The Morgan fingerprint density at radius 1 is 0.975 bits per heavy atom. The van der Waals surface area contributed by atoms with Gasteiger partial charge in [0.05, 0.1) is 24.7 Å². The van der Waals surface area contributed by atoms with E-state index in [2.05, 4.69) is 0 Å². The SMILES string of the molecule is CC(=O)OC1CCC(C)(C)C2C(O)C3(O)OCC12C1CCC2C(O)C13C1(O)OC3C4COC5(O)C(CC21C35O)O4.